The van der Waals surface area contributed by atoms with E-state index in [9.17, 15) is 9.59 Å². The van der Waals surface area contributed by atoms with Gasteiger partial charge in [-0.25, -0.2) is 0 Å². The van der Waals surface area contributed by atoms with Gasteiger partial charge in [-0.15, -0.1) is 6.58 Å². The van der Waals surface area contributed by atoms with E-state index in [1.165, 1.54) is 12.0 Å². The SMILES string of the molecule is C=CCN1C(=O)C(=O)c2cc(OC)ccc21. The van der Waals surface area contributed by atoms with Crippen molar-refractivity contribution in [2.24, 2.45) is 0 Å². The van der Waals surface area contributed by atoms with Gasteiger partial charge in [0.25, 0.3) is 11.7 Å². The van der Waals surface area contributed by atoms with E-state index in [1.807, 2.05) is 0 Å². The molecule has 1 aromatic carbocycles. The average molecular weight is 217 g/mol. The minimum atomic E-state index is -0.511. The Morgan fingerprint density at radius 3 is 2.81 bits per heavy atom. The Labute approximate surface area is 93.1 Å². The van der Waals surface area contributed by atoms with Crippen LogP contribution < -0.4 is 9.64 Å². The predicted octanol–water partition coefficient (Wildman–Crippen LogP) is 1.41. The van der Waals surface area contributed by atoms with E-state index in [0.717, 1.165) is 0 Å². The van der Waals surface area contributed by atoms with Crippen molar-refractivity contribution in [3.63, 3.8) is 0 Å². The van der Waals surface area contributed by atoms with Gasteiger partial charge in [-0.05, 0) is 18.2 Å². The van der Waals surface area contributed by atoms with Crippen LogP contribution in [0.1, 0.15) is 10.4 Å². The van der Waals surface area contributed by atoms with Crippen molar-refractivity contribution in [2.75, 3.05) is 18.6 Å². The highest BCUT2D eigenvalue weighted by atomic mass is 16.5. The first-order valence-electron chi connectivity index (χ1n) is 4.84. The fourth-order valence-electron chi connectivity index (χ4n) is 1.72. The number of ether oxygens (including phenoxy) is 1. The normalized spacial score (nSPS) is 13.9. The molecule has 0 aromatic heterocycles. The first-order valence-corrected chi connectivity index (χ1v) is 4.84. The maximum absolute atomic E-state index is 11.7. The van der Waals surface area contributed by atoms with Gasteiger partial charge < -0.3 is 9.64 Å². The van der Waals surface area contributed by atoms with Crippen molar-refractivity contribution >= 4 is 17.4 Å². The summed E-state index contributed by atoms with van der Waals surface area (Å²) in [4.78, 5) is 24.7. The Hall–Kier alpha value is -2.10. The Bertz CT molecular complexity index is 479. The van der Waals surface area contributed by atoms with Gasteiger partial charge in [0.15, 0.2) is 0 Å². The van der Waals surface area contributed by atoms with Gasteiger partial charge in [0.2, 0.25) is 0 Å². The predicted molar refractivity (Wildman–Crippen MR) is 59.9 cm³/mol. The minimum Gasteiger partial charge on any atom is -0.497 e. The molecule has 0 aliphatic carbocycles. The van der Waals surface area contributed by atoms with Gasteiger partial charge in [0.1, 0.15) is 5.75 Å². The molecule has 0 N–H and O–H groups in total. The first kappa shape index (κ1) is 10.4. The average Bonchev–Trinajstić information content (AvgIpc) is 2.54. The summed E-state index contributed by atoms with van der Waals surface area (Å²) in [5.41, 5.74) is 1.02. The van der Waals surface area contributed by atoms with E-state index in [4.69, 9.17) is 4.74 Å². The Kier molecular flexibility index (Phi) is 2.48. The number of carbonyl (C=O) groups is 2. The topological polar surface area (TPSA) is 46.6 Å². The van der Waals surface area contributed by atoms with Crippen LogP contribution in [0.3, 0.4) is 0 Å². The summed E-state index contributed by atoms with van der Waals surface area (Å²) in [5, 5.41) is 0. The largest absolute Gasteiger partial charge is 0.497 e. The van der Waals surface area contributed by atoms with Crippen molar-refractivity contribution < 1.29 is 14.3 Å². The molecular weight excluding hydrogens is 206 g/mol. The number of fused-ring (bicyclic) bond motifs is 1. The summed E-state index contributed by atoms with van der Waals surface area (Å²) in [5.74, 6) is -0.431. The zero-order valence-corrected chi connectivity index (χ0v) is 8.90. The number of benzene rings is 1. The molecule has 0 spiro atoms. The monoisotopic (exact) mass is 217 g/mol. The molecule has 0 radical (unpaired) electrons. The second-order valence-corrected chi connectivity index (χ2v) is 3.42. The maximum atomic E-state index is 11.7. The molecule has 4 nitrogen and oxygen atoms in total. The van der Waals surface area contributed by atoms with Crippen molar-refractivity contribution in [3.8, 4) is 5.75 Å². The van der Waals surface area contributed by atoms with Crippen LogP contribution in [0, 0.1) is 0 Å². The first-order chi connectivity index (χ1) is 7.69. The summed E-state index contributed by atoms with van der Waals surface area (Å²) >= 11 is 0. The summed E-state index contributed by atoms with van der Waals surface area (Å²) in [6, 6.07) is 5.01. The van der Waals surface area contributed by atoms with Crippen LogP contribution in [0.5, 0.6) is 5.75 Å². The van der Waals surface area contributed by atoms with Crippen LogP contribution in [0.25, 0.3) is 0 Å². The van der Waals surface area contributed by atoms with Crippen LogP contribution in [0.4, 0.5) is 5.69 Å². The number of hydrogen-bond acceptors (Lipinski definition) is 3. The summed E-state index contributed by atoms with van der Waals surface area (Å²) in [7, 11) is 1.52. The number of nitrogens with zero attached hydrogens (tertiary/aromatic N) is 1. The van der Waals surface area contributed by atoms with Crippen LogP contribution in [-0.2, 0) is 4.79 Å². The number of rotatable bonds is 3. The lowest BCUT2D eigenvalue weighted by Gasteiger charge is -2.13. The highest BCUT2D eigenvalue weighted by Gasteiger charge is 2.35. The number of Topliss-reactive ketones (excluding diaryl/α,β-unsaturated/α-hetero) is 1. The fourth-order valence-corrected chi connectivity index (χ4v) is 1.72. The van der Waals surface area contributed by atoms with Gasteiger partial charge in [-0.3, -0.25) is 9.59 Å². The van der Waals surface area contributed by atoms with Gasteiger partial charge in [0, 0.05) is 6.54 Å². The number of anilines is 1. The Balaban J connectivity index is 2.51. The molecular formula is C12H11NO3. The van der Waals surface area contributed by atoms with Crippen LogP contribution >= 0.6 is 0 Å². The third-order valence-electron chi connectivity index (χ3n) is 2.49. The van der Waals surface area contributed by atoms with Gasteiger partial charge in [0.05, 0.1) is 18.4 Å². The van der Waals surface area contributed by atoms with Crippen LogP contribution in [0.15, 0.2) is 30.9 Å². The van der Waals surface area contributed by atoms with Gasteiger partial charge in [-0.1, -0.05) is 6.08 Å². The molecule has 4 heteroatoms. The zero-order valence-electron chi connectivity index (χ0n) is 8.90. The molecule has 0 saturated heterocycles. The molecule has 0 fully saturated rings. The number of methoxy groups -OCH3 is 1. The van der Waals surface area contributed by atoms with Gasteiger partial charge >= 0.3 is 0 Å². The number of amides is 1. The fraction of sp³-hybridized carbons (Fsp3) is 0.167. The molecule has 0 atom stereocenters. The molecule has 1 heterocycles. The molecule has 1 amide bonds. The smallest absolute Gasteiger partial charge is 0.299 e. The summed E-state index contributed by atoms with van der Waals surface area (Å²) in [6.45, 7) is 3.90. The molecule has 1 aliphatic heterocycles. The van der Waals surface area contributed by atoms with Crippen molar-refractivity contribution in [1.29, 1.82) is 0 Å². The maximum Gasteiger partial charge on any atom is 0.299 e. The van der Waals surface area contributed by atoms with Crippen LogP contribution in [-0.4, -0.2) is 25.3 Å². The van der Waals surface area contributed by atoms with Gasteiger partial charge in [-0.2, -0.15) is 0 Å². The van der Waals surface area contributed by atoms with Crippen molar-refractivity contribution in [1.82, 2.24) is 0 Å². The molecule has 0 saturated carbocycles. The van der Waals surface area contributed by atoms with Crippen molar-refractivity contribution in [2.45, 2.75) is 0 Å². The van der Waals surface area contributed by atoms with E-state index in [0.29, 0.717) is 23.5 Å². The third kappa shape index (κ3) is 1.39. The van der Waals surface area contributed by atoms with E-state index in [1.54, 1.807) is 24.3 Å². The second kappa shape index (κ2) is 3.81. The quantitative estimate of drug-likeness (QED) is 0.568. The van der Waals surface area contributed by atoms with Crippen molar-refractivity contribution in [3.05, 3.63) is 36.4 Å². The van der Waals surface area contributed by atoms with E-state index in [2.05, 4.69) is 6.58 Å². The highest BCUT2D eigenvalue weighted by Crippen LogP contribution is 2.31. The van der Waals surface area contributed by atoms with E-state index in [-0.39, 0.29) is 0 Å². The molecule has 1 aliphatic rings. The molecule has 1 aromatic rings. The van der Waals surface area contributed by atoms with E-state index < -0.39 is 11.7 Å². The Morgan fingerprint density at radius 1 is 1.44 bits per heavy atom. The lowest BCUT2D eigenvalue weighted by molar-refractivity contribution is -0.114. The Morgan fingerprint density at radius 2 is 2.19 bits per heavy atom. The zero-order chi connectivity index (χ0) is 11.7. The highest BCUT2D eigenvalue weighted by molar-refractivity contribution is 6.52. The summed E-state index contributed by atoms with van der Waals surface area (Å²) < 4.78 is 5.02. The number of ketones is 1. The molecule has 2 rings (SSSR count). The van der Waals surface area contributed by atoms with Crippen LogP contribution in [0.2, 0.25) is 0 Å². The minimum absolute atomic E-state index is 0.337. The number of hydrogen-bond donors (Lipinski definition) is 0. The molecule has 0 bridgehead atoms. The second-order valence-electron chi connectivity index (χ2n) is 3.42. The molecule has 0 unspecified atom stereocenters. The lowest BCUT2D eigenvalue weighted by atomic mass is 10.1. The van der Waals surface area contributed by atoms with E-state index >= 15 is 0 Å². The summed E-state index contributed by atoms with van der Waals surface area (Å²) in [6.07, 6.45) is 1.59. The molecule has 16 heavy (non-hydrogen) atoms. The lowest BCUT2D eigenvalue weighted by Crippen LogP contribution is -2.29. The molecule has 82 valence electrons. The standard InChI is InChI=1S/C12H11NO3/c1-3-6-13-10-5-4-8(16-2)7-9(10)11(14)12(13)15/h3-5,7H,1,6H2,2H3. The number of carbonyl (C=O) groups excluding carboxylic acids is 2. The third-order valence-corrected chi connectivity index (χ3v) is 2.49.